The molecule has 2 fully saturated rings. The van der Waals surface area contributed by atoms with E-state index in [2.05, 4.69) is 0 Å². The summed E-state index contributed by atoms with van der Waals surface area (Å²) in [7, 11) is 0. The van der Waals surface area contributed by atoms with Crippen molar-refractivity contribution in [2.24, 2.45) is 17.1 Å². The third-order valence-electron chi connectivity index (χ3n) is 4.83. The van der Waals surface area contributed by atoms with Crippen molar-refractivity contribution in [2.75, 3.05) is 46.1 Å². The number of amides is 1. The molecule has 0 aromatic heterocycles. The highest BCUT2D eigenvalue weighted by Gasteiger charge is 2.51. The second kappa shape index (κ2) is 9.68. The maximum Gasteiger partial charge on any atom is 0.300 e. The molecule has 0 saturated carbocycles. The number of carboxylic acid groups (broad SMARTS) is 1. The van der Waals surface area contributed by atoms with Gasteiger partial charge in [-0.3, -0.25) is 9.59 Å². The second-order valence-electron chi connectivity index (χ2n) is 6.99. The van der Waals surface area contributed by atoms with Crippen LogP contribution in [0.2, 0.25) is 0 Å². The Balaban J connectivity index is 0.000000596. The van der Waals surface area contributed by atoms with Gasteiger partial charge in [0.25, 0.3) is 5.97 Å². The van der Waals surface area contributed by atoms with Crippen LogP contribution in [-0.2, 0) is 20.7 Å². The topological polar surface area (TPSA) is 122 Å². The Morgan fingerprint density at radius 1 is 1.44 bits per heavy atom. The zero-order chi connectivity index (χ0) is 19.9. The molecule has 0 bridgehead atoms. The number of likely N-dealkylation sites (tertiary alicyclic amines) is 1. The summed E-state index contributed by atoms with van der Waals surface area (Å²) >= 11 is 0. The van der Waals surface area contributed by atoms with Crippen molar-refractivity contribution in [2.45, 2.75) is 13.3 Å². The molecular formula is C19H28N2O6. The maximum atomic E-state index is 12.6. The lowest BCUT2D eigenvalue weighted by Gasteiger charge is -2.24. The first kappa shape index (κ1) is 21.1. The van der Waals surface area contributed by atoms with Crippen molar-refractivity contribution in [3.63, 3.8) is 0 Å². The number of hydrogen-bond donors (Lipinski definition) is 3. The number of carboxylic acids is 1. The number of ether oxygens (including phenoxy) is 2. The molecule has 1 aromatic carbocycles. The van der Waals surface area contributed by atoms with E-state index in [0.29, 0.717) is 45.9 Å². The van der Waals surface area contributed by atoms with E-state index in [4.69, 9.17) is 25.1 Å². The lowest BCUT2D eigenvalue weighted by molar-refractivity contribution is -0.134. The number of aliphatic hydroxyl groups is 1. The molecule has 0 spiro atoms. The van der Waals surface area contributed by atoms with Gasteiger partial charge in [0, 0.05) is 37.9 Å². The smallest absolute Gasteiger partial charge is 0.300 e. The highest BCUT2D eigenvalue weighted by atomic mass is 16.5. The van der Waals surface area contributed by atoms with Crippen molar-refractivity contribution in [3.05, 3.63) is 29.8 Å². The first-order valence-electron chi connectivity index (χ1n) is 8.98. The Kier molecular flexibility index (Phi) is 7.58. The molecule has 4 N–H and O–H groups in total. The number of aliphatic hydroxyl groups excluding tert-OH is 1. The van der Waals surface area contributed by atoms with Gasteiger partial charge in [-0.05, 0) is 17.7 Å². The summed E-state index contributed by atoms with van der Waals surface area (Å²) in [5.41, 5.74) is 6.10. The van der Waals surface area contributed by atoms with E-state index in [0.717, 1.165) is 18.2 Å². The first-order chi connectivity index (χ1) is 12.9. The van der Waals surface area contributed by atoms with E-state index in [1.54, 1.807) is 0 Å². The normalized spacial score (nSPS) is 23.4. The van der Waals surface area contributed by atoms with Crippen molar-refractivity contribution >= 4 is 11.9 Å². The van der Waals surface area contributed by atoms with E-state index < -0.39 is 5.97 Å². The zero-order valence-electron chi connectivity index (χ0n) is 15.6. The van der Waals surface area contributed by atoms with Gasteiger partial charge >= 0.3 is 0 Å². The third-order valence-corrected chi connectivity index (χ3v) is 4.83. The molecule has 0 radical (unpaired) electrons. The van der Waals surface area contributed by atoms with E-state index in [9.17, 15) is 9.90 Å². The predicted molar refractivity (Wildman–Crippen MR) is 98.4 cm³/mol. The van der Waals surface area contributed by atoms with Crippen LogP contribution in [0.5, 0.6) is 5.75 Å². The summed E-state index contributed by atoms with van der Waals surface area (Å²) in [5.74, 6) is 0.234. The van der Waals surface area contributed by atoms with E-state index in [1.807, 2.05) is 29.2 Å². The van der Waals surface area contributed by atoms with Gasteiger partial charge in [0.2, 0.25) is 5.91 Å². The van der Waals surface area contributed by atoms with E-state index in [-0.39, 0.29) is 23.8 Å². The number of carbonyl (C=O) groups is 2. The Labute approximate surface area is 158 Å². The maximum absolute atomic E-state index is 12.6. The Hall–Kier alpha value is -2.16. The fourth-order valence-electron chi connectivity index (χ4n) is 3.45. The van der Waals surface area contributed by atoms with Crippen molar-refractivity contribution in [1.29, 1.82) is 0 Å². The quantitative estimate of drug-likeness (QED) is 0.641. The molecule has 8 heteroatoms. The fourth-order valence-corrected chi connectivity index (χ4v) is 3.45. The summed E-state index contributed by atoms with van der Waals surface area (Å²) in [6, 6.07) is 7.56. The average Bonchev–Trinajstić information content (AvgIpc) is 3.17. The molecule has 2 saturated heterocycles. The summed E-state index contributed by atoms with van der Waals surface area (Å²) in [6.45, 7) is 4.50. The van der Waals surface area contributed by atoms with Gasteiger partial charge < -0.3 is 30.3 Å². The largest absolute Gasteiger partial charge is 0.492 e. The van der Waals surface area contributed by atoms with Crippen LogP contribution in [0.1, 0.15) is 12.5 Å². The second-order valence-corrected chi connectivity index (χ2v) is 6.99. The van der Waals surface area contributed by atoms with Gasteiger partial charge in [0.15, 0.2) is 0 Å². The number of rotatable bonds is 6. The lowest BCUT2D eigenvalue weighted by atomic mass is 9.82. The summed E-state index contributed by atoms with van der Waals surface area (Å²) in [5, 5.41) is 17.1. The lowest BCUT2D eigenvalue weighted by Crippen LogP contribution is -2.36. The average molecular weight is 380 g/mol. The predicted octanol–water partition coefficient (Wildman–Crippen LogP) is 0.125. The molecule has 2 aliphatic rings. The Morgan fingerprint density at radius 2 is 2.19 bits per heavy atom. The molecule has 2 heterocycles. The highest BCUT2D eigenvalue weighted by Crippen LogP contribution is 2.40. The molecule has 3 rings (SSSR count). The van der Waals surface area contributed by atoms with Gasteiger partial charge in [-0.15, -0.1) is 0 Å². The number of benzene rings is 1. The minimum absolute atomic E-state index is 0.0733. The van der Waals surface area contributed by atoms with Crippen LogP contribution in [0.3, 0.4) is 0 Å². The standard InChI is InChI=1S/C17H24N2O4.C2H4O2/c18-4-5-23-15-3-1-2-13(6-15)7-16(21)19-8-14-9-22-12-17(14,10-19)11-20;1-2(3)4/h1-3,6,14,20H,4-5,7-12,18H2;1H3,(H,3,4)/t14-,17-;/m0./s1. The third kappa shape index (κ3) is 5.66. The van der Waals surface area contributed by atoms with Crippen molar-refractivity contribution in [3.8, 4) is 5.75 Å². The number of aliphatic carboxylic acids is 1. The minimum Gasteiger partial charge on any atom is -0.492 e. The van der Waals surface area contributed by atoms with Crippen molar-refractivity contribution < 1.29 is 29.3 Å². The van der Waals surface area contributed by atoms with Gasteiger partial charge in [-0.25, -0.2) is 0 Å². The number of carbonyl (C=O) groups excluding carboxylic acids is 1. The van der Waals surface area contributed by atoms with Crippen LogP contribution in [0.15, 0.2) is 24.3 Å². The van der Waals surface area contributed by atoms with Crippen LogP contribution < -0.4 is 10.5 Å². The highest BCUT2D eigenvalue weighted by molar-refractivity contribution is 5.79. The zero-order valence-corrected chi connectivity index (χ0v) is 15.6. The fraction of sp³-hybridized carbons (Fsp3) is 0.579. The number of nitrogens with two attached hydrogens (primary N) is 1. The van der Waals surface area contributed by atoms with Gasteiger partial charge in [-0.1, -0.05) is 12.1 Å². The van der Waals surface area contributed by atoms with Gasteiger partial charge in [0.05, 0.1) is 26.2 Å². The molecule has 27 heavy (non-hydrogen) atoms. The minimum atomic E-state index is -0.833. The first-order valence-corrected chi connectivity index (χ1v) is 8.98. The molecule has 1 amide bonds. The summed E-state index contributed by atoms with van der Waals surface area (Å²) < 4.78 is 11.0. The van der Waals surface area contributed by atoms with Crippen LogP contribution in [0.4, 0.5) is 0 Å². The number of fused-ring (bicyclic) bond motifs is 1. The molecule has 2 aliphatic heterocycles. The summed E-state index contributed by atoms with van der Waals surface area (Å²) in [4.78, 5) is 23.4. The monoisotopic (exact) mass is 380 g/mol. The van der Waals surface area contributed by atoms with Crippen LogP contribution in [0, 0.1) is 11.3 Å². The van der Waals surface area contributed by atoms with Gasteiger partial charge in [-0.2, -0.15) is 0 Å². The molecule has 0 unspecified atom stereocenters. The van der Waals surface area contributed by atoms with Crippen LogP contribution in [0.25, 0.3) is 0 Å². The van der Waals surface area contributed by atoms with Gasteiger partial charge in [0.1, 0.15) is 12.4 Å². The van der Waals surface area contributed by atoms with Crippen molar-refractivity contribution in [1.82, 2.24) is 4.90 Å². The molecule has 0 aliphatic carbocycles. The number of hydrogen-bond acceptors (Lipinski definition) is 6. The Bertz CT molecular complexity index is 649. The van der Waals surface area contributed by atoms with Crippen LogP contribution in [-0.4, -0.2) is 73.1 Å². The molecular weight excluding hydrogens is 352 g/mol. The number of nitrogens with zero attached hydrogens (tertiary/aromatic N) is 1. The van der Waals surface area contributed by atoms with Crippen LogP contribution >= 0.6 is 0 Å². The van der Waals surface area contributed by atoms with E-state index >= 15 is 0 Å². The molecule has 8 nitrogen and oxygen atoms in total. The molecule has 2 atom stereocenters. The molecule has 1 aromatic rings. The van der Waals surface area contributed by atoms with E-state index in [1.165, 1.54) is 0 Å². The Morgan fingerprint density at radius 3 is 2.81 bits per heavy atom. The molecule has 150 valence electrons. The SMILES string of the molecule is CC(=O)O.NCCOc1cccc(CC(=O)N2C[C@H]3COC[C@@]3(CO)C2)c1. The summed E-state index contributed by atoms with van der Waals surface area (Å²) in [6.07, 6.45) is 0.342.